The second-order valence-corrected chi connectivity index (χ2v) is 4.00. The predicted octanol–water partition coefficient (Wildman–Crippen LogP) is 2.25. The molecule has 0 aromatic heterocycles. The number of imide groups is 1. The van der Waals surface area contributed by atoms with Crippen molar-refractivity contribution in [1.29, 1.82) is 0 Å². The molecule has 0 N–H and O–H groups in total. The molecule has 1 aromatic carbocycles. The van der Waals surface area contributed by atoms with Gasteiger partial charge in [0, 0.05) is 6.54 Å². The normalized spacial score (nSPS) is 20.2. The molecule has 1 aliphatic heterocycles. The molecule has 1 aliphatic rings. The third kappa shape index (κ3) is 1.79. The van der Waals surface area contributed by atoms with E-state index in [1.165, 1.54) is 4.90 Å². The first kappa shape index (κ1) is 11.6. The Morgan fingerprint density at radius 3 is 2.24 bits per heavy atom. The highest BCUT2D eigenvalue weighted by Gasteiger charge is 2.43. The molecule has 0 spiro atoms. The van der Waals surface area contributed by atoms with Gasteiger partial charge in [0.05, 0.1) is 5.69 Å². The molecular formula is C13H16N2O2. The summed E-state index contributed by atoms with van der Waals surface area (Å²) in [6, 6.07) is 8.55. The SMILES string of the molecule is CCC1C(=O)N(c2ccccc2)C(=O)N1CC. The molecule has 0 aliphatic carbocycles. The van der Waals surface area contributed by atoms with Gasteiger partial charge in [-0.2, -0.15) is 0 Å². The number of hydrogen-bond acceptors (Lipinski definition) is 2. The van der Waals surface area contributed by atoms with Crippen molar-refractivity contribution in [2.75, 3.05) is 11.4 Å². The fourth-order valence-electron chi connectivity index (χ4n) is 2.20. The van der Waals surface area contributed by atoms with E-state index < -0.39 is 0 Å². The highest BCUT2D eigenvalue weighted by atomic mass is 16.2. The van der Waals surface area contributed by atoms with Crippen LogP contribution in [0.15, 0.2) is 30.3 Å². The van der Waals surface area contributed by atoms with Gasteiger partial charge in [0.25, 0.3) is 5.91 Å². The van der Waals surface area contributed by atoms with E-state index in [2.05, 4.69) is 0 Å². The molecule has 0 bridgehead atoms. The average Bonchev–Trinajstić information content (AvgIpc) is 2.60. The molecule has 4 heteroatoms. The fourth-order valence-corrected chi connectivity index (χ4v) is 2.20. The molecule has 90 valence electrons. The van der Waals surface area contributed by atoms with Crippen LogP contribution in [0, 0.1) is 0 Å². The number of urea groups is 1. The van der Waals surface area contributed by atoms with E-state index >= 15 is 0 Å². The van der Waals surface area contributed by atoms with Gasteiger partial charge >= 0.3 is 6.03 Å². The van der Waals surface area contributed by atoms with Crippen molar-refractivity contribution in [2.45, 2.75) is 26.3 Å². The first-order valence-corrected chi connectivity index (χ1v) is 5.90. The first-order valence-electron chi connectivity index (χ1n) is 5.90. The Morgan fingerprint density at radius 2 is 1.76 bits per heavy atom. The van der Waals surface area contributed by atoms with Gasteiger partial charge in [0.15, 0.2) is 0 Å². The third-order valence-corrected chi connectivity index (χ3v) is 3.06. The summed E-state index contributed by atoms with van der Waals surface area (Å²) in [4.78, 5) is 27.2. The maximum absolute atomic E-state index is 12.2. The zero-order valence-corrected chi connectivity index (χ0v) is 10.1. The summed E-state index contributed by atoms with van der Waals surface area (Å²) in [5.41, 5.74) is 0.650. The van der Waals surface area contributed by atoms with Crippen molar-refractivity contribution in [3.63, 3.8) is 0 Å². The summed E-state index contributed by atoms with van der Waals surface area (Å²) in [6.45, 7) is 4.38. The van der Waals surface area contributed by atoms with E-state index in [1.807, 2.05) is 32.0 Å². The zero-order valence-electron chi connectivity index (χ0n) is 10.1. The van der Waals surface area contributed by atoms with Crippen LogP contribution < -0.4 is 4.90 Å². The Balaban J connectivity index is 2.37. The van der Waals surface area contributed by atoms with Crippen molar-refractivity contribution in [3.05, 3.63) is 30.3 Å². The van der Waals surface area contributed by atoms with E-state index in [4.69, 9.17) is 0 Å². The molecule has 17 heavy (non-hydrogen) atoms. The molecule has 1 aromatic rings. The highest BCUT2D eigenvalue weighted by molar-refractivity contribution is 6.21. The van der Waals surface area contributed by atoms with Gasteiger partial charge in [-0.1, -0.05) is 25.1 Å². The lowest BCUT2D eigenvalue weighted by atomic mass is 10.2. The third-order valence-electron chi connectivity index (χ3n) is 3.06. The van der Waals surface area contributed by atoms with Gasteiger partial charge in [-0.15, -0.1) is 0 Å². The quantitative estimate of drug-likeness (QED) is 0.750. The number of anilines is 1. The predicted molar refractivity (Wildman–Crippen MR) is 65.8 cm³/mol. The maximum Gasteiger partial charge on any atom is 0.332 e. The maximum atomic E-state index is 12.2. The largest absolute Gasteiger partial charge is 0.332 e. The van der Waals surface area contributed by atoms with Crippen LogP contribution in [0.3, 0.4) is 0 Å². The monoisotopic (exact) mass is 232 g/mol. The summed E-state index contributed by atoms with van der Waals surface area (Å²) in [5, 5.41) is 0. The number of benzene rings is 1. The van der Waals surface area contributed by atoms with E-state index in [-0.39, 0.29) is 18.0 Å². The van der Waals surface area contributed by atoms with Crippen LogP contribution in [0.2, 0.25) is 0 Å². The average molecular weight is 232 g/mol. The Bertz CT molecular complexity index is 408. The van der Waals surface area contributed by atoms with E-state index in [1.54, 1.807) is 17.0 Å². The molecule has 1 saturated heterocycles. The molecule has 3 amide bonds. The standard InChI is InChI=1S/C13H16N2O2/c1-3-11-12(16)15(13(17)14(11)4-2)10-8-6-5-7-9-10/h5-9,11H,3-4H2,1-2H3. The van der Waals surface area contributed by atoms with Gasteiger partial charge < -0.3 is 4.90 Å². The number of amides is 3. The fraction of sp³-hybridized carbons (Fsp3) is 0.385. The lowest BCUT2D eigenvalue weighted by molar-refractivity contribution is -0.119. The number of carbonyl (C=O) groups is 2. The topological polar surface area (TPSA) is 40.6 Å². The summed E-state index contributed by atoms with van der Waals surface area (Å²) < 4.78 is 0. The van der Waals surface area contributed by atoms with Gasteiger partial charge in [0.2, 0.25) is 0 Å². The van der Waals surface area contributed by atoms with Crippen molar-refractivity contribution in [3.8, 4) is 0 Å². The van der Waals surface area contributed by atoms with Gasteiger partial charge in [-0.25, -0.2) is 9.69 Å². The number of carbonyl (C=O) groups excluding carboxylic acids is 2. The molecule has 2 rings (SSSR count). The summed E-state index contributed by atoms with van der Waals surface area (Å²) >= 11 is 0. The number of para-hydroxylation sites is 1. The van der Waals surface area contributed by atoms with Gasteiger partial charge in [-0.05, 0) is 25.5 Å². The number of rotatable bonds is 3. The van der Waals surface area contributed by atoms with Crippen molar-refractivity contribution < 1.29 is 9.59 Å². The molecule has 4 nitrogen and oxygen atoms in total. The number of likely N-dealkylation sites (N-methyl/N-ethyl adjacent to an activating group) is 1. The first-order chi connectivity index (χ1) is 8.20. The number of nitrogens with zero attached hydrogens (tertiary/aromatic N) is 2. The second kappa shape index (κ2) is 4.57. The van der Waals surface area contributed by atoms with Crippen LogP contribution in [0.5, 0.6) is 0 Å². The Kier molecular flexibility index (Phi) is 3.13. The van der Waals surface area contributed by atoms with Crippen molar-refractivity contribution in [2.24, 2.45) is 0 Å². The van der Waals surface area contributed by atoms with Crippen molar-refractivity contribution in [1.82, 2.24) is 4.90 Å². The minimum absolute atomic E-state index is 0.120. The van der Waals surface area contributed by atoms with Gasteiger partial charge in [-0.3, -0.25) is 4.79 Å². The molecule has 1 unspecified atom stereocenters. The van der Waals surface area contributed by atoms with E-state index in [0.717, 1.165) is 0 Å². The second-order valence-electron chi connectivity index (χ2n) is 4.00. The lowest BCUT2D eigenvalue weighted by Gasteiger charge is -2.18. The highest BCUT2D eigenvalue weighted by Crippen LogP contribution is 2.25. The van der Waals surface area contributed by atoms with Crippen LogP contribution in [0.25, 0.3) is 0 Å². The minimum Gasteiger partial charge on any atom is -0.312 e. The summed E-state index contributed by atoms with van der Waals surface area (Å²) in [7, 11) is 0. The van der Waals surface area contributed by atoms with Crippen molar-refractivity contribution >= 4 is 17.6 Å². The molecule has 1 fully saturated rings. The van der Waals surface area contributed by atoms with Gasteiger partial charge in [0.1, 0.15) is 6.04 Å². The molecule has 1 heterocycles. The zero-order chi connectivity index (χ0) is 12.4. The van der Waals surface area contributed by atoms with Crippen LogP contribution in [0.1, 0.15) is 20.3 Å². The van der Waals surface area contributed by atoms with E-state index in [0.29, 0.717) is 18.7 Å². The Hall–Kier alpha value is -1.84. The molecule has 0 saturated carbocycles. The van der Waals surface area contributed by atoms with Crippen LogP contribution >= 0.6 is 0 Å². The number of hydrogen-bond donors (Lipinski definition) is 0. The molecule has 1 atom stereocenters. The Morgan fingerprint density at radius 1 is 1.12 bits per heavy atom. The smallest absolute Gasteiger partial charge is 0.312 e. The summed E-state index contributed by atoms with van der Waals surface area (Å²) in [6.07, 6.45) is 0.655. The molecular weight excluding hydrogens is 216 g/mol. The van der Waals surface area contributed by atoms with Crippen LogP contribution in [0.4, 0.5) is 10.5 Å². The van der Waals surface area contributed by atoms with Crippen LogP contribution in [-0.4, -0.2) is 29.4 Å². The lowest BCUT2D eigenvalue weighted by Crippen LogP contribution is -2.34. The van der Waals surface area contributed by atoms with E-state index in [9.17, 15) is 9.59 Å². The molecule has 0 radical (unpaired) electrons. The summed E-state index contributed by atoms with van der Waals surface area (Å²) in [5.74, 6) is -0.120. The van der Waals surface area contributed by atoms with Crippen LogP contribution in [-0.2, 0) is 4.79 Å². The minimum atomic E-state index is -0.312. The Labute approximate surface area is 101 Å².